The largest absolute Gasteiger partial charge is 0.497 e. The lowest BCUT2D eigenvalue weighted by molar-refractivity contribution is -0.119. The summed E-state index contributed by atoms with van der Waals surface area (Å²) in [5.74, 6) is 0.690. The molecule has 0 bridgehead atoms. The van der Waals surface area contributed by atoms with Crippen LogP contribution in [0.25, 0.3) is 0 Å². The van der Waals surface area contributed by atoms with E-state index in [1.807, 2.05) is 48.5 Å². The highest BCUT2D eigenvalue weighted by Crippen LogP contribution is 2.33. The van der Waals surface area contributed by atoms with Gasteiger partial charge in [0.1, 0.15) is 5.75 Å². The van der Waals surface area contributed by atoms with Gasteiger partial charge in [0.05, 0.1) is 13.0 Å². The smallest absolute Gasteiger partial charge is 0.236 e. The van der Waals surface area contributed by atoms with Gasteiger partial charge in [-0.3, -0.25) is 4.79 Å². The molecule has 4 nitrogen and oxygen atoms in total. The second kappa shape index (κ2) is 5.48. The Kier molecular flexibility index (Phi) is 3.52. The number of ether oxygens (including phenoxy) is 1. The van der Waals surface area contributed by atoms with E-state index in [1.165, 1.54) is 0 Å². The molecular weight excluding hydrogens is 264 g/mol. The normalized spacial score (nSPS) is 16.0. The number of amides is 1. The van der Waals surface area contributed by atoms with Gasteiger partial charge in [-0.2, -0.15) is 0 Å². The molecule has 1 heterocycles. The third-order valence-corrected chi connectivity index (χ3v) is 3.90. The van der Waals surface area contributed by atoms with Crippen LogP contribution in [0.5, 0.6) is 5.75 Å². The molecule has 1 amide bonds. The van der Waals surface area contributed by atoms with Crippen molar-refractivity contribution in [2.45, 2.75) is 5.92 Å². The zero-order chi connectivity index (χ0) is 14.8. The monoisotopic (exact) mass is 282 g/mol. The van der Waals surface area contributed by atoms with Crippen molar-refractivity contribution in [2.24, 2.45) is 0 Å². The summed E-state index contributed by atoms with van der Waals surface area (Å²) in [7, 11) is 3.43. The van der Waals surface area contributed by atoms with E-state index in [0.717, 1.165) is 22.7 Å². The molecule has 4 heteroatoms. The highest BCUT2D eigenvalue weighted by molar-refractivity contribution is 6.00. The zero-order valence-corrected chi connectivity index (χ0v) is 12.2. The summed E-state index contributed by atoms with van der Waals surface area (Å²) in [5.41, 5.74) is 2.95. The fourth-order valence-corrected chi connectivity index (χ4v) is 2.68. The van der Waals surface area contributed by atoms with Crippen molar-refractivity contribution in [2.75, 3.05) is 30.9 Å². The lowest BCUT2D eigenvalue weighted by Crippen LogP contribution is -2.32. The van der Waals surface area contributed by atoms with Gasteiger partial charge in [-0.25, -0.2) is 0 Å². The maximum atomic E-state index is 12.8. The van der Waals surface area contributed by atoms with Crippen LogP contribution in [0, 0.1) is 0 Å². The molecule has 0 saturated heterocycles. The van der Waals surface area contributed by atoms with Gasteiger partial charge in [0.25, 0.3) is 0 Å². The Balaban J connectivity index is 1.85. The Bertz CT molecular complexity index is 669. The number of methoxy groups -OCH3 is 1. The fraction of sp³-hybridized carbons (Fsp3) is 0.235. The Morgan fingerprint density at radius 3 is 2.86 bits per heavy atom. The molecule has 2 aromatic rings. The fourth-order valence-electron chi connectivity index (χ4n) is 2.68. The number of fused-ring (bicyclic) bond motifs is 1. The average Bonchev–Trinajstić information content (AvgIpc) is 2.97. The zero-order valence-electron chi connectivity index (χ0n) is 12.2. The van der Waals surface area contributed by atoms with Crippen molar-refractivity contribution in [1.29, 1.82) is 0 Å². The van der Waals surface area contributed by atoms with E-state index >= 15 is 0 Å². The summed E-state index contributed by atoms with van der Waals surface area (Å²) >= 11 is 0. The van der Waals surface area contributed by atoms with Gasteiger partial charge in [0.2, 0.25) is 5.91 Å². The SMILES string of the molecule is COc1cccc(N(C)C(=O)C2CNc3ccccc32)c1. The lowest BCUT2D eigenvalue weighted by atomic mass is 10.00. The molecule has 1 unspecified atom stereocenters. The first-order chi connectivity index (χ1) is 10.2. The highest BCUT2D eigenvalue weighted by Gasteiger charge is 2.30. The standard InChI is InChI=1S/C17H18N2O2/c1-19(12-6-5-7-13(10-12)21-2)17(20)15-11-18-16-9-4-3-8-14(15)16/h3-10,15,18H,11H2,1-2H3. The molecule has 1 aliphatic heterocycles. The molecule has 2 aromatic carbocycles. The third kappa shape index (κ3) is 2.44. The summed E-state index contributed by atoms with van der Waals surface area (Å²) in [6, 6.07) is 15.5. The molecule has 3 rings (SSSR count). The van der Waals surface area contributed by atoms with Crippen LogP contribution in [0.1, 0.15) is 11.5 Å². The van der Waals surface area contributed by atoms with Crippen molar-refractivity contribution >= 4 is 17.3 Å². The summed E-state index contributed by atoms with van der Waals surface area (Å²) < 4.78 is 5.22. The molecule has 1 aliphatic rings. The van der Waals surface area contributed by atoms with Crippen LogP contribution >= 0.6 is 0 Å². The Hall–Kier alpha value is -2.49. The van der Waals surface area contributed by atoms with E-state index in [1.54, 1.807) is 19.1 Å². The number of anilines is 2. The van der Waals surface area contributed by atoms with Gasteiger partial charge >= 0.3 is 0 Å². The van der Waals surface area contributed by atoms with Crippen LogP contribution in [0.2, 0.25) is 0 Å². The van der Waals surface area contributed by atoms with Crippen LogP contribution in [0.4, 0.5) is 11.4 Å². The minimum absolute atomic E-state index is 0.0840. The molecule has 0 radical (unpaired) electrons. The van der Waals surface area contributed by atoms with Crippen LogP contribution in [0.3, 0.4) is 0 Å². The molecule has 0 spiro atoms. The second-order valence-electron chi connectivity index (χ2n) is 5.12. The van der Waals surface area contributed by atoms with Crippen LogP contribution in [-0.4, -0.2) is 26.6 Å². The van der Waals surface area contributed by atoms with E-state index in [-0.39, 0.29) is 11.8 Å². The van der Waals surface area contributed by atoms with Crippen molar-refractivity contribution < 1.29 is 9.53 Å². The predicted octanol–water partition coefficient (Wildman–Crippen LogP) is 2.87. The molecule has 1 atom stereocenters. The van der Waals surface area contributed by atoms with Gasteiger partial charge < -0.3 is 15.0 Å². The quantitative estimate of drug-likeness (QED) is 0.941. The van der Waals surface area contributed by atoms with Gasteiger partial charge in [-0.1, -0.05) is 24.3 Å². The van der Waals surface area contributed by atoms with Crippen molar-refractivity contribution in [3.8, 4) is 5.75 Å². The van der Waals surface area contributed by atoms with Crippen LogP contribution in [-0.2, 0) is 4.79 Å². The van der Waals surface area contributed by atoms with Gasteiger partial charge in [-0.05, 0) is 23.8 Å². The molecule has 108 valence electrons. The number of likely N-dealkylation sites (N-methyl/N-ethyl adjacent to an activating group) is 1. The van der Waals surface area contributed by atoms with E-state index in [0.29, 0.717) is 6.54 Å². The van der Waals surface area contributed by atoms with Crippen molar-refractivity contribution in [3.05, 3.63) is 54.1 Å². The maximum absolute atomic E-state index is 12.8. The summed E-state index contributed by atoms with van der Waals surface area (Å²) in [6.07, 6.45) is 0. The Morgan fingerprint density at radius 2 is 2.05 bits per heavy atom. The first-order valence-corrected chi connectivity index (χ1v) is 6.95. The first kappa shape index (κ1) is 13.5. The number of carbonyl (C=O) groups is 1. The van der Waals surface area contributed by atoms with Crippen molar-refractivity contribution in [1.82, 2.24) is 0 Å². The number of hydrogen-bond acceptors (Lipinski definition) is 3. The Morgan fingerprint density at radius 1 is 1.24 bits per heavy atom. The molecule has 0 aromatic heterocycles. The van der Waals surface area contributed by atoms with E-state index < -0.39 is 0 Å². The summed E-state index contributed by atoms with van der Waals surface area (Å²) in [6.45, 7) is 0.645. The number of nitrogens with one attached hydrogen (secondary N) is 1. The van der Waals surface area contributed by atoms with Crippen molar-refractivity contribution in [3.63, 3.8) is 0 Å². The number of benzene rings is 2. The number of rotatable bonds is 3. The van der Waals surface area contributed by atoms with Gasteiger partial charge in [0, 0.05) is 31.0 Å². The molecule has 1 N–H and O–H groups in total. The molecule has 0 saturated carbocycles. The van der Waals surface area contributed by atoms with Crippen LogP contribution in [0.15, 0.2) is 48.5 Å². The van der Waals surface area contributed by atoms with E-state index in [9.17, 15) is 4.79 Å². The number of para-hydroxylation sites is 1. The summed E-state index contributed by atoms with van der Waals surface area (Å²) in [4.78, 5) is 14.4. The maximum Gasteiger partial charge on any atom is 0.236 e. The summed E-state index contributed by atoms with van der Waals surface area (Å²) in [5, 5.41) is 3.29. The lowest BCUT2D eigenvalue weighted by Gasteiger charge is -2.21. The van der Waals surface area contributed by atoms with Gasteiger partial charge in [0.15, 0.2) is 0 Å². The molecule has 21 heavy (non-hydrogen) atoms. The first-order valence-electron chi connectivity index (χ1n) is 6.95. The number of nitrogens with zero attached hydrogens (tertiary/aromatic N) is 1. The minimum atomic E-state index is -0.141. The van der Waals surface area contributed by atoms with Crippen LogP contribution < -0.4 is 15.0 Å². The number of hydrogen-bond donors (Lipinski definition) is 1. The average molecular weight is 282 g/mol. The predicted molar refractivity (Wildman–Crippen MR) is 84.1 cm³/mol. The molecule has 0 aliphatic carbocycles. The Labute approximate surface area is 124 Å². The number of carbonyl (C=O) groups excluding carboxylic acids is 1. The topological polar surface area (TPSA) is 41.6 Å². The molecular formula is C17H18N2O2. The molecule has 0 fully saturated rings. The van der Waals surface area contributed by atoms with Gasteiger partial charge in [-0.15, -0.1) is 0 Å². The van der Waals surface area contributed by atoms with E-state index in [4.69, 9.17) is 4.74 Å². The highest BCUT2D eigenvalue weighted by atomic mass is 16.5. The second-order valence-corrected chi connectivity index (χ2v) is 5.12. The van der Waals surface area contributed by atoms with E-state index in [2.05, 4.69) is 5.32 Å². The third-order valence-electron chi connectivity index (χ3n) is 3.90. The minimum Gasteiger partial charge on any atom is -0.497 e.